The van der Waals surface area contributed by atoms with Gasteiger partial charge in [0.2, 0.25) is 5.91 Å². The van der Waals surface area contributed by atoms with E-state index in [9.17, 15) is 10.1 Å². The van der Waals surface area contributed by atoms with Crippen molar-refractivity contribution in [3.63, 3.8) is 0 Å². The molecule has 1 aromatic rings. The Labute approximate surface area is 107 Å². The summed E-state index contributed by atoms with van der Waals surface area (Å²) >= 11 is 0. The average Bonchev–Trinajstić information content (AvgIpc) is 2.81. The summed E-state index contributed by atoms with van der Waals surface area (Å²) in [5, 5.41) is 9.53. The third kappa shape index (κ3) is 1.72. The van der Waals surface area contributed by atoms with Crippen molar-refractivity contribution < 1.29 is 4.79 Å². The zero-order chi connectivity index (χ0) is 13.3. The molecule has 1 amide bonds. The van der Waals surface area contributed by atoms with Gasteiger partial charge in [-0.15, -0.1) is 0 Å². The first-order valence-corrected chi connectivity index (χ1v) is 6.12. The van der Waals surface area contributed by atoms with Crippen LogP contribution in [0.3, 0.4) is 0 Å². The van der Waals surface area contributed by atoms with Gasteiger partial charge in [-0.2, -0.15) is 5.26 Å². The van der Waals surface area contributed by atoms with E-state index in [4.69, 9.17) is 11.5 Å². The fraction of sp³-hybridized carbons (Fsp3) is 0.429. The lowest BCUT2D eigenvalue weighted by molar-refractivity contribution is 0.0998. The number of carbonyl (C=O) groups excluding carboxylic acids is 1. The Kier molecular flexibility index (Phi) is 3.00. The third-order valence-corrected chi connectivity index (χ3v) is 3.88. The lowest BCUT2D eigenvalue weighted by Crippen LogP contribution is -2.27. The molecule has 4 nitrogen and oxygen atoms in total. The molecule has 2 rings (SSSR count). The third-order valence-electron chi connectivity index (χ3n) is 3.88. The van der Waals surface area contributed by atoms with Crippen molar-refractivity contribution in [1.82, 2.24) is 0 Å². The van der Waals surface area contributed by atoms with Crippen molar-refractivity contribution in [2.75, 3.05) is 5.73 Å². The normalized spacial score (nSPS) is 17.3. The van der Waals surface area contributed by atoms with E-state index >= 15 is 0 Å². The van der Waals surface area contributed by atoms with Crippen molar-refractivity contribution in [3.05, 3.63) is 28.8 Å². The molecule has 0 unspecified atom stereocenters. The van der Waals surface area contributed by atoms with E-state index in [0.29, 0.717) is 16.8 Å². The summed E-state index contributed by atoms with van der Waals surface area (Å²) < 4.78 is 0. The first kappa shape index (κ1) is 12.4. The van der Waals surface area contributed by atoms with Crippen LogP contribution in [0.25, 0.3) is 0 Å². The Morgan fingerprint density at radius 2 is 2.00 bits per heavy atom. The molecule has 0 heterocycles. The second-order valence-corrected chi connectivity index (χ2v) is 4.98. The van der Waals surface area contributed by atoms with Crippen LogP contribution >= 0.6 is 0 Å². The molecule has 0 bridgehead atoms. The molecule has 0 saturated heterocycles. The predicted molar refractivity (Wildman–Crippen MR) is 69.9 cm³/mol. The Balaban J connectivity index is 2.72. The quantitative estimate of drug-likeness (QED) is 0.778. The summed E-state index contributed by atoms with van der Waals surface area (Å²) in [6, 6.07) is 5.83. The molecule has 1 aromatic carbocycles. The molecule has 1 fully saturated rings. The van der Waals surface area contributed by atoms with Crippen LogP contribution in [0.2, 0.25) is 0 Å². The molecule has 0 aliphatic heterocycles. The number of nitrogens with zero attached hydrogens (tertiary/aromatic N) is 1. The highest BCUT2D eigenvalue weighted by molar-refractivity contribution is 5.97. The maximum absolute atomic E-state index is 11.6. The molecule has 1 aliphatic rings. The standard InChI is InChI=1S/C14H17N3O/c1-9-4-5-10(13(17)18)11(12(9)16)14(8-15)6-2-3-7-14/h4-5H,2-3,6-7,16H2,1H3,(H2,17,18). The summed E-state index contributed by atoms with van der Waals surface area (Å²) in [5.41, 5.74) is 13.3. The maximum atomic E-state index is 11.6. The minimum absolute atomic E-state index is 0.390. The molecular formula is C14H17N3O. The minimum atomic E-state index is -0.638. The van der Waals surface area contributed by atoms with Gasteiger partial charge in [-0.3, -0.25) is 4.79 Å². The fourth-order valence-corrected chi connectivity index (χ4v) is 2.84. The van der Waals surface area contributed by atoms with Gasteiger partial charge in [-0.05, 0) is 31.4 Å². The van der Waals surface area contributed by atoms with Crippen LogP contribution in [0.5, 0.6) is 0 Å². The summed E-state index contributed by atoms with van der Waals surface area (Å²) in [4.78, 5) is 11.6. The van der Waals surface area contributed by atoms with E-state index in [1.54, 1.807) is 12.1 Å². The lowest BCUT2D eigenvalue weighted by atomic mass is 9.76. The highest BCUT2D eigenvalue weighted by atomic mass is 16.1. The topological polar surface area (TPSA) is 92.9 Å². The van der Waals surface area contributed by atoms with E-state index in [-0.39, 0.29) is 0 Å². The first-order valence-electron chi connectivity index (χ1n) is 6.12. The zero-order valence-corrected chi connectivity index (χ0v) is 10.5. The van der Waals surface area contributed by atoms with Crippen molar-refractivity contribution >= 4 is 11.6 Å². The number of benzene rings is 1. The van der Waals surface area contributed by atoms with E-state index in [1.807, 2.05) is 6.92 Å². The highest BCUT2D eigenvalue weighted by Crippen LogP contribution is 2.45. The number of primary amides is 1. The van der Waals surface area contributed by atoms with Crippen molar-refractivity contribution in [1.29, 1.82) is 5.26 Å². The van der Waals surface area contributed by atoms with E-state index in [1.165, 1.54) is 0 Å². The number of nitrogens with two attached hydrogens (primary N) is 2. The maximum Gasteiger partial charge on any atom is 0.249 e. The van der Waals surface area contributed by atoms with Crippen molar-refractivity contribution in [2.24, 2.45) is 5.73 Å². The lowest BCUT2D eigenvalue weighted by Gasteiger charge is -2.25. The van der Waals surface area contributed by atoms with Crippen LogP contribution < -0.4 is 11.5 Å². The van der Waals surface area contributed by atoms with Crippen LogP contribution in [0.1, 0.15) is 47.2 Å². The van der Waals surface area contributed by atoms with Gasteiger partial charge in [-0.1, -0.05) is 18.9 Å². The molecule has 0 radical (unpaired) electrons. The number of nitriles is 1. The summed E-state index contributed by atoms with van der Waals surface area (Å²) in [5.74, 6) is -0.516. The number of rotatable bonds is 2. The van der Waals surface area contributed by atoms with Crippen LogP contribution in [0, 0.1) is 18.3 Å². The molecular weight excluding hydrogens is 226 g/mol. The van der Waals surface area contributed by atoms with Crippen LogP contribution in [0.4, 0.5) is 5.69 Å². The highest BCUT2D eigenvalue weighted by Gasteiger charge is 2.40. The van der Waals surface area contributed by atoms with Crippen molar-refractivity contribution in [2.45, 2.75) is 38.0 Å². The molecule has 0 atom stereocenters. The zero-order valence-electron chi connectivity index (χ0n) is 10.5. The number of nitrogen functional groups attached to an aromatic ring is 1. The van der Waals surface area contributed by atoms with Gasteiger partial charge in [0, 0.05) is 16.8 Å². The molecule has 1 aliphatic carbocycles. The number of hydrogen-bond acceptors (Lipinski definition) is 3. The minimum Gasteiger partial charge on any atom is -0.398 e. The smallest absolute Gasteiger partial charge is 0.249 e. The fourth-order valence-electron chi connectivity index (χ4n) is 2.84. The van der Waals surface area contributed by atoms with Gasteiger partial charge < -0.3 is 11.5 Å². The van der Waals surface area contributed by atoms with E-state index in [2.05, 4.69) is 6.07 Å². The van der Waals surface area contributed by atoms with Gasteiger partial charge >= 0.3 is 0 Å². The largest absolute Gasteiger partial charge is 0.398 e. The number of aryl methyl sites for hydroxylation is 1. The Morgan fingerprint density at radius 3 is 2.50 bits per heavy atom. The van der Waals surface area contributed by atoms with Crippen molar-refractivity contribution in [3.8, 4) is 6.07 Å². The summed E-state index contributed by atoms with van der Waals surface area (Å²) in [7, 11) is 0. The average molecular weight is 243 g/mol. The SMILES string of the molecule is Cc1ccc(C(N)=O)c(C2(C#N)CCCC2)c1N. The Hall–Kier alpha value is -2.02. The molecule has 0 spiro atoms. The number of carbonyl (C=O) groups is 1. The van der Waals surface area contributed by atoms with Gasteiger partial charge in [0.05, 0.1) is 11.5 Å². The van der Waals surface area contributed by atoms with Crippen LogP contribution in [-0.4, -0.2) is 5.91 Å². The van der Waals surface area contributed by atoms with Crippen LogP contribution in [-0.2, 0) is 5.41 Å². The molecule has 4 N–H and O–H groups in total. The Morgan fingerprint density at radius 1 is 1.39 bits per heavy atom. The van der Waals surface area contributed by atoms with Gasteiger partial charge in [0.15, 0.2) is 0 Å². The second-order valence-electron chi connectivity index (χ2n) is 4.98. The molecule has 1 saturated carbocycles. The predicted octanol–water partition coefficient (Wildman–Crippen LogP) is 2.01. The summed E-state index contributed by atoms with van der Waals surface area (Å²) in [6.07, 6.45) is 3.47. The number of amides is 1. The van der Waals surface area contributed by atoms with Crippen LogP contribution in [0.15, 0.2) is 12.1 Å². The second kappa shape index (κ2) is 4.34. The summed E-state index contributed by atoms with van der Waals surface area (Å²) in [6.45, 7) is 1.88. The van der Waals surface area contributed by atoms with E-state index < -0.39 is 11.3 Å². The number of hydrogen-bond donors (Lipinski definition) is 2. The van der Waals surface area contributed by atoms with Gasteiger partial charge in [0.1, 0.15) is 0 Å². The van der Waals surface area contributed by atoms with Gasteiger partial charge in [0.25, 0.3) is 0 Å². The molecule has 94 valence electrons. The molecule has 18 heavy (non-hydrogen) atoms. The van der Waals surface area contributed by atoms with E-state index in [0.717, 1.165) is 31.2 Å². The number of anilines is 1. The molecule has 0 aromatic heterocycles. The monoisotopic (exact) mass is 243 g/mol. The first-order chi connectivity index (χ1) is 8.52. The molecule has 4 heteroatoms. The Bertz CT molecular complexity index is 537. The van der Waals surface area contributed by atoms with Gasteiger partial charge in [-0.25, -0.2) is 0 Å².